The smallest absolute Gasteiger partial charge is 0.171 e. The van der Waals surface area contributed by atoms with Gasteiger partial charge in [0.15, 0.2) is 0 Å². The van der Waals surface area contributed by atoms with Crippen molar-refractivity contribution in [3.63, 3.8) is 0 Å². The Morgan fingerprint density at radius 1 is 0.739 bits per heavy atom. The second kappa shape index (κ2) is 25.9. The molecule has 0 bridgehead atoms. The van der Waals surface area contributed by atoms with Crippen molar-refractivity contribution in [1.82, 2.24) is 0 Å². The Bertz CT molecular complexity index is 264. The Morgan fingerprint density at radius 2 is 1.04 bits per heavy atom. The van der Waals surface area contributed by atoms with Gasteiger partial charge in [-0.05, 0) is 12.0 Å². The molecular weight excluding hydrogens is 297 g/mol. The van der Waals surface area contributed by atoms with E-state index in [0.29, 0.717) is 0 Å². The lowest BCUT2D eigenvalue weighted by Gasteiger charge is -1.96. The normalized spacial score (nSPS) is 8.65. The average molecular weight is 337 g/mol. The monoisotopic (exact) mass is 336 g/mol. The molecule has 0 fully saturated rings. The van der Waals surface area contributed by atoms with Gasteiger partial charge in [-0.15, -0.1) is 0 Å². The number of rotatable bonds is 2. The Morgan fingerprint density at radius 3 is 1.17 bits per heavy atom. The van der Waals surface area contributed by atoms with E-state index < -0.39 is 12.6 Å². The van der Waals surface area contributed by atoms with Crippen LogP contribution >= 0.6 is 0 Å². The molecule has 1 aromatic rings. The van der Waals surface area contributed by atoms with E-state index in [1.165, 1.54) is 24.8 Å². The van der Waals surface area contributed by atoms with E-state index in [0.717, 1.165) is 13.3 Å². The van der Waals surface area contributed by atoms with Crippen molar-refractivity contribution >= 4 is 0 Å². The van der Waals surface area contributed by atoms with Crippen molar-refractivity contribution in [3.05, 3.63) is 35.9 Å². The van der Waals surface area contributed by atoms with E-state index in [1.807, 2.05) is 19.9 Å². The number of benzene rings is 1. The van der Waals surface area contributed by atoms with Crippen molar-refractivity contribution in [3.8, 4) is 0 Å². The predicted molar refractivity (Wildman–Crippen MR) is 100 cm³/mol. The van der Waals surface area contributed by atoms with Crippen LogP contribution in [0.15, 0.2) is 30.3 Å². The first-order valence-electron chi connectivity index (χ1n) is 8.93. The van der Waals surface area contributed by atoms with Crippen LogP contribution in [0.4, 0.5) is 13.2 Å². The number of hydrogen-bond acceptors (Lipinski definition) is 0. The summed E-state index contributed by atoms with van der Waals surface area (Å²) in [5.74, 6) is 0. The van der Waals surface area contributed by atoms with Gasteiger partial charge >= 0.3 is 6.18 Å². The third-order valence-corrected chi connectivity index (χ3v) is 2.15. The lowest BCUT2D eigenvalue weighted by Crippen LogP contribution is -2.02. The molecule has 0 radical (unpaired) electrons. The van der Waals surface area contributed by atoms with Crippen molar-refractivity contribution in [2.45, 2.75) is 93.7 Å². The topological polar surface area (TPSA) is 0 Å². The van der Waals surface area contributed by atoms with Crippen LogP contribution in [-0.2, 0) is 6.42 Å². The van der Waals surface area contributed by atoms with Crippen molar-refractivity contribution in [2.24, 2.45) is 0 Å². The maximum Gasteiger partial charge on any atom is 0.388 e. The van der Waals surface area contributed by atoms with Gasteiger partial charge < -0.3 is 0 Å². The number of halogens is 3. The molecule has 23 heavy (non-hydrogen) atoms. The predicted octanol–water partition coefficient (Wildman–Crippen LogP) is 8.46. The Labute approximate surface area is 143 Å². The van der Waals surface area contributed by atoms with Crippen LogP contribution in [0.1, 0.15) is 86.6 Å². The molecule has 1 aromatic carbocycles. The van der Waals surface area contributed by atoms with Gasteiger partial charge in [0.2, 0.25) is 0 Å². The highest BCUT2D eigenvalue weighted by Gasteiger charge is 2.22. The molecule has 0 saturated heterocycles. The molecule has 0 heterocycles. The summed E-state index contributed by atoms with van der Waals surface area (Å²) in [7, 11) is 0. The van der Waals surface area contributed by atoms with Crippen molar-refractivity contribution in [1.29, 1.82) is 0 Å². The molecule has 0 aliphatic rings. The lowest BCUT2D eigenvalue weighted by atomic mass is 10.2. The highest BCUT2D eigenvalue weighted by molar-refractivity contribution is 5.13. The number of unbranched alkanes of at least 4 members (excludes halogenated alkanes) is 1. The van der Waals surface area contributed by atoms with Crippen molar-refractivity contribution in [2.75, 3.05) is 0 Å². The second-order valence-electron chi connectivity index (χ2n) is 4.51. The van der Waals surface area contributed by atoms with Crippen LogP contribution in [0.5, 0.6) is 0 Å². The van der Waals surface area contributed by atoms with E-state index in [2.05, 4.69) is 58.9 Å². The summed E-state index contributed by atoms with van der Waals surface area (Å²) in [5.41, 5.74) is 1.41. The molecule has 0 amide bonds. The zero-order chi connectivity index (χ0) is 19.1. The first kappa shape index (κ1) is 30.0. The number of alkyl halides is 3. The molecule has 3 heteroatoms. The summed E-state index contributed by atoms with van der Waals surface area (Å²) in [5, 5.41) is 0. The van der Waals surface area contributed by atoms with Gasteiger partial charge in [-0.3, -0.25) is 0 Å². The minimum atomic E-state index is -3.96. The maximum atomic E-state index is 10.8. The lowest BCUT2D eigenvalue weighted by molar-refractivity contribution is -0.130. The fraction of sp³-hybridized carbons (Fsp3) is 0.700. The van der Waals surface area contributed by atoms with E-state index in [1.54, 1.807) is 0 Å². The van der Waals surface area contributed by atoms with E-state index in [4.69, 9.17) is 0 Å². The quantitative estimate of drug-likeness (QED) is 0.508. The van der Waals surface area contributed by atoms with Gasteiger partial charge in [0.1, 0.15) is 0 Å². The van der Waals surface area contributed by atoms with Crippen LogP contribution in [0.2, 0.25) is 0 Å². The average Bonchev–Trinajstić information content (AvgIpc) is 2.58. The van der Waals surface area contributed by atoms with Gasteiger partial charge in [-0.1, -0.05) is 105 Å². The van der Waals surface area contributed by atoms with Crippen LogP contribution in [0.3, 0.4) is 0 Å². The molecule has 0 unspecified atom stereocenters. The molecule has 0 nitrogen and oxygen atoms in total. The molecule has 0 atom stereocenters. The summed E-state index contributed by atoms with van der Waals surface area (Å²) < 4.78 is 32.4. The Hall–Kier alpha value is -0.990. The fourth-order valence-electron chi connectivity index (χ4n) is 0.714. The summed E-state index contributed by atoms with van der Waals surface area (Å²) in [6.45, 7) is 15.9. The minimum absolute atomic E-state index is 0.729. The summed E-state index contributed by atoms with van der Waals surface area (Å²) in [6, 6.07) is 10.5. The molecular formula is C20H39F3. The van der Waals surface area contributed by atoms with Gasteiger partial charge in [-0.25, -0.2) is 0 Å². The molecule has 0 spiro atoms. The largest absolute Gasteiger partial charge is 0.388 e. The zero-order valence-electron chi connectivity index (χ0n) is 16.6. The maximum absolute atomic E-state index is 10.8. The van der Waals surface area contributed by atoms with Crippen LogP contribution in [0, 0.1) is 0 Å². The van der Waals surface area contributed by atoms with Crippen LogP contribution in [0.25, 0.3) is 0 Å². The Kier molecular flexibility index (Phi) is 33.8. The van der Waals surface area contributed by atoms with Gasteiger partial charge in [0.25, 0.3) is 0 Å². The third kappa shape index (κ3) is 44.9. The molecule has 0 saturated carbocycles. The third-order valence-electron chi connectivity index (χ3n) is 2.15. The SMILES string of the molecule is CC.CCC.CCC(F)(F)F.CCCC.CCc1ccccc1. The number of hydrogen-bond donors (Lipinski definition) is 0. The van der Waals surface area contributed by atoms with Gasteiger partial charge in [-0.2, -0.15) is 13.2 Å². The highest BCUT2D eigenvalue weighted by Crippen LogP contribution is 2.17. The number of aryl methyl sites for hydroxylation is 1. The Balaban J connectivity index is -0.000000108. The molecule has 0 aromatic heterocycles. The van der Waals surface area contributed by atoms with Crippen molar-refractivity contribution < 1.29 is 13.2 Å². The first-order valence-corrected chi connectivity index (χ1v) is 8.93. The van der Waals surface area contributed by atoms with Gasteiger partial charge in [0, 0.05) is 6.42 Å². The fourth-order valence-corrected chi connectivity index (χ4v) is 0.714. The highest BCUT2D eigenvalue weighted by atomic mass is 19.4. The standard InChI is InChI=1S/C8H10.C4H10.C3H5F3.C3H8.C2H6/c1-2-8-6-4-3-5-7-8;1-3-4-2;1-2-3(4,5)6;1-3-2;1-2/h3-7H,2H2,1H3;3-4H2,1-2H3;2H2,1H3;3H2,1-2H3;1-2H3. The van der Waals surface area contributed by atoms with E-state index in [9.17, 15) is 13.2 Å². The van der Waals surface area contributed by atoms with Gasteiger partial charge in [0.05, 0.1) is 0 Å². The van der Waals surface area contributed by atoms with Crippen LogP contribution < -0.4 is 0 Å². The molecule has 140 valence electrons. The molecule has 0 N–H and O–H groups in total. The molecule has 0 aliphatic carbocycles. The van der Waals surface area contributed by atoms with E-state index >= 15 is 0 Å². The van der Waals surface area contributed by atoms with Crippen LogP contribution in [-0.4, -0.2) is 6.18 Å². The molecule has 0 aliphatic heterocycles. The molecule has 1 rings (SSSR count). The first-order chi connectivity index (χ1) is 10.8. The van der Waals surface area contributed by atoms with E-state index in [-0.39, 0.29) is 0 Å². The summed E-state index contributed by atoms with van der Waals surface area (Å²) in [6.07, 6.45) is 0.341. The summed E-state index contributed by atoms with van der Waals surface area (Å²) in [4.78, 5) is 0. The second-order valence-corrected chi connectivity index (χ2v) is 4.51. The zero-order valence-corrected chi connectivity index (χ0v) is 16.6. The summed E-state index contributed by atoms with van der Waals surface area (Å²) >= 11 is 0. The minimum Gasteiger partial charge on any atom is -0.171 e.